The van der Waals surface area contributed by atoms with Gasteiger partial charge >= 0.3 is 23.9 Å². The van der Waals surface area contributed by atoms with Crippen molar-refractivity contribution in [3.05, 3.63) is 0 Å². The van der Waals surface area contributed by atoms with Crippen LogP contribution in [0.4, 0.5) is 0 Å². The van der Waals surface area contributed by atoms with Crippen LogP contribution in [0, 0.1) is 0 Å². The van der Waals surface area contributed by atoms with Crippen LogP contribution in [0.15, 0.2) is 0 Å². The maximum absolute atomic E-state index is 10.4. The Morgan fingerprint density at radius 1 is 0.640 bits per heavy atom. The fraction of sp³-hybridized carbons (Fsp3) is 0.714. The van der Waals surface area contributed by atoms with Crippen molar-refractivity contribution in [2.45, 2.75) is 40.5 Å². The molecule has 0 aliphatic rings. The first-order valence-corrected chi connectivity index (χ1v) is 6.34. The van der Waals surface area contributed by atoms with E-state index in [0.717, 1.165) is 0 Å². The Balaban J connectivity index is -0.0000000832. The average molecular weight is 374 g/mol. The van der Waals surface area contributed by atoms with Crippen LogP contribution in [0.1, 0.15) is 40.5 Å². The van der Waals surface area contributed by atoms with Gasteiger partial charge in [-0.3, -0.25) is 19.2 Å². The number of esters is 1. The van der Waals surface area contributed by atoms with E-state index in [1.54, 1.807) is 0 Å². The molecule has 25 heavy (non-hydrogen) atoms. The van der Waals surface area contributed by atoms with E-state index in [0.29, 0.717) is 12.8 Å². The molecule has 11 heteroatoms. The fourth-order valence-corrected chi connectivity index (χ4v) is 0.625. The Hall–Kier alpha value is -2.24. The molecule has 0 aromatic rings. The summed E-state index contributed by atoms with van der Waals surface area (Å²) in [5.41, 5.74) is 0. The first-order valence-electron chi connectivity index (χ1n) is 6.34. The molecule has 0 aromatic carbocycles. The van der Waals surface area contributed by atoms with Crippen molar-refractivity contribution < 1.29 is 54.6 Å². The molecule has 152 valence electrons. The molecule has 0 bridgehead atoms. The van der Waals surface area contributed by atoms with Crippen molar-refractivity contribution in [2.24, 2.45) is 0 Å². The van der Waals surface area contributed by atoms with Gasteiger partial charge in [0.1, 0.15) is 12.8 Å². The van der Waals surface area contributed by atoms with E-state index in [1.165, 1.54) is 0 Å². The molecular formula is C14H30O11. The van der Waals surface area contributed by atoms with Crippen LogP contribution in [-0.4, -0.2) is 80.9 Å². The lowest BCUT2D eigenvalue weighted by atomic mass is 10.4. The highest BCUT2D eigenvalue weighted by atomic mass is 16.5. The van der Waals surface area contributed by atoms with E-state index in [2.05, 4.69) is 4.74 Å². The number of rotatable bonds is 9. The molecule has 0 amide bonds. The summed E-state index contributed by atoms with van der Waals surface area (Å²) in [6, 6.07) is 0. The smallest absolute Gasteiger partial charge is 0.317 e. The number of carboxylic acids is 3. The number of aliphatic hydroxyl groups is 3. The molecule has 0 atom stereocenters. The Morgan fingerprint density at radius 3 is 1.20 bits per heavy atom. The topological polar surface area (TPSA) is 199 Å². The summed E-state index contributed by atoms with van der Waals surface area (Å²) in [6.45, 7) is 0.190. The Labute approximate surface area is 146 Å². The van der Waals surface area contributed by atoms with Gasteiger partial charge in [0.2, 0.25) is 0 Å². The first-order chi connectivity index (χ1) is 10.7. The van der Waals surface area contributed by atoms with Gasteiger partial charge in [0.05, 0.1) is 6.61 Å². The zero-order chi connectivity index (χ0) is 18.7. The second-order valence-electron chi connectivity index (χ2n) is 3.63. The second kappa shape index (κ2) is 26.6. The lowest BCUT2D eigenvalue weighted by molar-refractivity contribution is -0.152. The van der Waals surface area contributed by atoms with Crippen molar-refractivity contribution >= 4 is 23.9 Å². The Bertz CT molecular complexity index is 328. The highest BCUT2D eigenvalue weighted by Gasteiger charge is 2.07. The molecule has 6 N–H and O–H groups in total. The lowest BCUT2D eigenvalue weighted by Crippen LogP contribution is -2.11. The maximum Gasteiger partial charge on any atom is 0.317 e. The van der Waals surface area contributed by atoms with Crippen molar-refractivity contribution in [3.8, 4) is 0 Å². The Morgan fingerprint density at radius 2 is 1.00 bits per heavy atom. The first kappa shape index (κ1) is 34.2. The molecule has 0 unspecified atom stereocenters. The quantitative estimate of drug-likeness (QED) is 0.174. The van der Waals surface area contributed by atoms with Gasteiger partial charge in [0, 0.05) is 26.2 Å². The predicted octanol–water partition coefficient (Wildman–Crippen LogP) is -0.434. The van der Waals surface area contributed by atoms with E-state index >= 15 is 0 Å². The van der Waals surface area contributed by atoms with Gasteiger partial charge in [-0.1, -0.05) is 14.9 Å². The van der Waals surface area contributed by atoms with Crippen molar-refractivity contribution in [3.63, 3.8) is 0 Å². The number of aliphatic carboxylic acids is 3. The summed E-state index contributed by atoms with van der Waals surface area (Å²) in [7, 11) is 0. The summed E-state index contributed by atoms with van der Waals surface area (Å²) >= 11 is 0. The molecule has 0 radical (unpaired) electrons. The van der Waals surface area contributed by atoms with Crippen LogP contribution in [-0.2, 0) is 23.9 Å². The summed E-state index contributed by atoms with van der Waals surface area (Å²) in [4.78, 5) is 39.2. The largest absolute Gasteiger partial charge is 0.481 e. The molecular weight excluding hydrogens is 344 g/mol. The van der Waals surface area contributed by atoms with Gasteiger partial charge in [-0.2, -0.15) is 0 Å². The SMILES string of the molecule is C.C.O=C(O)CC(=O)O.O=C(O)CC(=O)OCCCO.OCCCO. The summed E-state index contributed by atoms with van der Waals surface area (Å²) in [6.07, 6.45) is -0.587. The average Bonchev–Trinajstić information content (AvgIpc) is 2.38. The third kappa shape index (κ3) is 52.2. The normalized spacial score (nSPS) is 7.96. The number of hydrogen-bond acceptors (Lipinski definition) is 8. The molecule has 0 aliphatic carbocycles. The molecule has 0 saturated carbocycles. The third-order valence-electron chi connectivity index (χ3n) is 1.48. The van der Waals surface area contributed by atoms with E-state index in [9.17, 15) is 19.2 Å². The number of hydrogen-bond donors (Lipinski definition) is 6. The molecule has 11 nitrogen and oxygen atoms in total. The van der Waals surface area contributed by atoms with Crippen LogP contribution < -0.4 is 0 Å². The van der Waals surface area contributed by atoms with Crippen molar-refractivity contribution in [2.75, 3.05) is 26.4 Å². The van der Waals surface area contributed by atoms with E-state index in [1.807, 2.05) is 0 Å². The number of carbonyl (C=O) groups is 4. The summed E-state index contributed by atoms with van der Waals surface area (Å²) in [5.74, 6) is -4.61. The van der Waals surface area contributed by atoms with Crippen LogP contribution in [0.25, 0.3) is 0 Å². The molecule has 0 aliphatic heterocycles. The summed E-state index contributed by atoms with van der Waals surface area (Å²) < 4.78 is 4.41. The monoisotopic (exact) mass is 374 g/mol. The van der Waals surface area contributed by atoms with Gasteiger partial charge in [0.25, 0.3) is 0 Å². The number of carboxylic acid groups (broad SMARTS) is 3. The van der Waals surface area contributed by atoms with Crippen LogP contribution in [0.2, 0.25) is 0 Å². The van der Waals surface area contributed by atoms with E-state index < -0.39 is 36.7 Å². The van der Waals surface area contributed by atoms with Crippen LogP contribution >= 0.6 is 0 Å². The molecule has 0 spiro atoms. The summed E-state index contributed by atoms with van der Waals surface area (Å²) in [5, 5.41) is 47.6. The molecule has 0 rings (SSSR count). The molecule has 0 heterocycles. The zero-order valence-electron chi connectivity index (χ0n) is 12.4. The minimum absolute atomic E-state index is 0. The standard InChI is InChI=1S/C6H10O5.C3H4O4.C3H8O2.2CH4/c7-2-1-3-11-6(10)4-5(8)9;4-2(5)1-3(6)7;4-2-1-3-5;;/h7H,1-4H2,(H,8,9);1H2,(H,4,5)(H,6,7);4-5H,1-3H2;2*1H4. The number of ether oxygens (including phenoxy) is 1. The molecule has 0 fully saturated rings. The minimum Gasteiger partial charge on any atom is -0.481 e. The highest BCUT2D eigenvalue weighted by molar-refractivity contribution is 5.90. The van der Waals surface area contributed by atoms with E-state index in [-0.39, 0.29) is 41.3 Å². The predicted molar refractivity (Wildman–Crippen MR) is 87.1 cm³/mol. The minimum atomic E-state index is -1.31. The maximum atomic E-state index is 10.4. The van der Waals surface area contributed by atoms with E-state index in [4.69, 9.17) is 30.6 Å². The zero-order valence-corrected chi connectivity index (χ0v) is 12.4. The van der Waals surface area contributed by atoms with Gasteiger partial charge in [-0.05, 0) is 6.42 Å². The lowest BCUT2D eigenvalue weighted by Gasteiger charge is -1.99. The highest BCUT2D eigenvalue weighted by Crippen LogP contribution is 1.88. The van der Waals surface area contributed by atoms with Crippen molar-refractivity contribution in [1.82, 2.24) is 0 Å². The molecule has 0 saturated heterocycles. The fourth-order valence-electron chi connectivity index (χ4n) is 0.625. The Kier molecular flexibility index (Phi) is 36.4. The van der Waals surface area contributed by atoms with Crippen molar-refractivity contribution in [1.29, 1.82) is 0 Å². The number of carbonyl (C=O) groups excluding carboxylic acids is 1. The van der Waals surface area contributed by atoms with Crippen LogP contribution in [0.3, 0.4) is 0 Å². The van der Waals surface area contributed by atoms with Gasteiger partial charge in [-0.15, -0.1) is 0 Å². The molecule has 0 aromatic heterocycles. The van der Waals surface area contributed by atoms with Gasteiger partial charge < -0.3 is 35.4 Å². The second-order valence-corrected chi connectivity index (χ2v) is 3.63. The third-order valence-corrected chi connectivity index (χ3v) is 1.48. The van der Waals surface area contributed by atoms with Gasteiger partial charge in [0.15, 0.2) is 0 Å². The van der Waals surface area contributed by atoms with Gasteiger partial charge in [-0.25, -0.2) is 0 Å². The number of aliphatic hydroxyl groups excluding tert-OH is 3. The van der Waals surface area contributed by atoms with Crippen LogP contribution in [0.5, 0.6) is 0 Å².